The predicted molar refractivity (Wildman–Crippen MR) is 66.4 cm³/mol. The summed E-state index contributed by atoms with van der Waals surface area (Å²) in [4.78, 5) is 2.30. The Kier molecular flexibility index (Phi) is 2.92. The second kappa shape index (κ2) is 4.56. The van der Waals surface area contributed by atoms with Gasteiger partial charge in [-0.3, -0.25) is 9.30 Å². The molecule has 1 aliphatic heterocycles. The molecule has 0 bridgehead atoms. The minimum Gasteiger partial charge on any atom is -0.379 e. The van der Waals surface area contributed by atoms with Crippen LogP contribution in [-0.4, -0.2) is 45.4 Å². The fraction of sp³-hybridized carbons (Fsp3) is 0.455. The molecule has 1 saturated heterocycles. The van der Waals surface area contributed by atoms with E-state index in [0.29, 0.717) is 0 Å². The van der Waals surface area contributed by atoms with Gasteiger partial charge in [-0.15, -0.1) is 0 Å². The highest BCUT2D eigenvalue weighted by Crippen LogP contribution is 2.05. The average molecular weight is 250 g/mol. The monoisotopic (exact) mass is 250 g/mol. The van der Waals surface area contributed by atoms with E-state index in [4.69, 9.17) is 17.0 Å². The number of rotatable bonds is 2. The molecule has 0 unspecified atom stereocenters. The van der Waals surface area contributed by atoms with Gasteiger partial charge in [-0.2, -0.15) is 5.10 Å². The van der Waals surface area contributed by atoms with E-state index in [1.807, 2.05) is 33.5 Å². The van der Waals surface area contributed by atoms with Gasteiger partial charge in [-0.25, -0.2) is 4.68 Å². The van der Waals surface area contributed by atoms with Gasteiger partial charge >= 0.3 is 0 Å². The minimum absolute atomic E-state index is 0.740. The molecule has 5 nitrogen and oxygen atoms in total. The van der Waals surface area contributed by atoms with Crippen LogP contribution in [0.5, 0.6) is 0 Å². The summed E-state index contributed by atoms with van der Waals surface area (Å²) in [5, 5.41) is 4.50. The molecule has 3 heterocycles. The summed E-state index contributed by atoms with van der Waals surface area (Å²) in [5.41, 5.74) is 0.894. The molecule has 17 heavy (non-hydrogen) atoms. The molecule has 1 aliphatic rings. The largest absolute Gasteiger partial charge is 0.379 e. The summed E-state index contributed by atoms with van der Waals surface area (Å²) in [5.74, 6) is 0. The molecule has 0 saturated carbocycles. The summed E-state index contributed by atoms with van der Waals surface area (Å²) in [6.07, 6.45) is 1.94. The minimum atomic E-state index is 0.740. The lowest BCUT2D eigenvalue weighted by Crippen LogP contribution is -2.37. The highest BCUT2D eigenvalue weighted by molar-refractivity contribution is 7.71. The smallest absolute Gasteiger partial charge is 0.203 e. The van der Waals surface area contributed by atoms with Crippen LogP contribution in [0.3, 0.4) is 0 Å². The zero-order chi connectivity index (χ0) is 11.7. The Hall–Kier alpha value is -1.24. The van der Waals surface area contributed by atoms with Crippen LogP contribution in [0.25, 0.3) is 5.65 Å². The first kappa shape index (κ1) is 10.9. The van der Waals surface area contributed by atoms with Gasteiger partial charge in [0.2, 0.25) is 4.77 Å². The molecule has 0 aliphatic carbocycles. The normalized spacial score (nSPS) is 17.6. The van der Waals surface area contributed by atoms with Gasteiger partial charge in [0, 0.05) is 19.3 Å². The van der Waals surface area contributed by atoms with E-state index < -0.39 is 0 Å². The number of nitrogens with zero attached hydrogens (tertiary/aromatic N) is 4. The Morgan fingerprint density at radius 3 is 2.88 bits per heavy atom. The van der Waals surface area contributed by atoms with Crippen molar-refractivity contribution in [3.63, 3.8) is 0 Å². The van der Waals surface area contributed by atoms with Crippen LogP contribution >= 0.6 is 12.2 Å². The first-order valence-electron chi connectivity index (χ1n) is 5.69. The maximum atomic E-state index is 5.40. The zero-order valence-electron chi connectivity index (χ0n) is 9.45. The molecule has 2 aromatic rings. The number of ether oxygens (including phenoxy) is 1. The van der Waals surface area contributed by atoms with Crippen LogP contribution in [0, 0.1) is 4.77 Å². The predicted octanol–water partition coefficient (Wildman–Crippen LogP) is 1.15. The Labute approximate surface area is 104 Å². The number of morpholine rings is 1. The van der Waals surface area contributed by atoms with Crippen LogP contribution in [0.1, 0.15) is 0 Å². The lowest BCUT2D eigenvalue weighted by molar-refractivity contribution is 0.0210. The molecular weight excluding hydrogens is 236 g/mol. The molecule has 0 atom stereocenters. The summed E-state index contributed by atoms with van der Waals surface area (Å²) in [6, 6.07) is 5.89. The van der Waals surface area contributed by atoms with Crippen molar-refractivity contribution in [2.75, 3.05) is 26.3 Å². The Morgan fingerprint density at radius 1 is 1.29 bits per heavy atom. The maximum Gasteiger partial charge on any atom is 0.203 e. The molecule has 0 aromatic carbocycles. The topological polar surface area (TPSA) is 34.7 Å². The molecular formula is C11H14N4OS. The molecule has 6 heteroatoms. The van der Waals surface area contributed by atoms with Crippen molar-refractivity contribution < 1.29 is 4.74 Å². The van der Waals surface area contributed by atoms with Crippen molar-refractivity contribution in [1.82, 2.24) is 19.1 Å². The number of pyridine rings is 1. The number of aromatic nitrogens is 3. The quantitative estimate of drug-likeness (QED) is 0.749. The van der Waals surface area contributed by atoms with Crippen molar-refractivity contribution in [3.8, 4) is 0 Å². The standard InChI is InChI=1S/C11H14N4OS/c17-11-14-4-2-1-3-10(14)12-15(11)9-13-5-7-16-8-6-13/h1-4H,5-9H2. The highest BCUT2D eigenvalue weighted by Gasteiger charge is 2.12. The summed E-state index contributed by atoms with van der Waals surface area (Å²) < 4.78 is 9.86. The van der Waals surface area contributed by atoms with Gasteiger partial charge in [0.25, 0.3) is 0 Å². The third kappa shape index (κ3) is 2.11. The average Bonchev–Trinajstić information content (AvgIpc) is 2.68. The van der Waals surface area contributed by atoms with Gasteiger partial charge in [0.1, 0.15) is 0 Å². The molecule has 0 spiro atoms. The van der Waals surface area contributed by atoms with Crippen LogP contribution in [0.15, 0.2) is 24.4 Å². The number of fused-ring (bicyclic) bond motifs is 1. The third-order valence-corrected chi connectivity index (χ3v) is 3.33. The molecule has 0 amide bonds. The molecule has 3 rings (SSSR count). The summed E-state index contributed by atoms with van der Waals surface area (Å²) in [7, 11) is 0. The van der Waals surface area contributed by atoms with E-state index in [2.05, 4.69) is 10.00 Å². The summed E-state index contributed by atoms with van der Waals surface area (Å²) >= 11 is 5.40. The second-order valence-corrected chi connectivity index (χ2v) is 4.45. The molecule has 90 valence electrons. The van der Waals surface area contributed by atoms with E-state index in [1.165, 1.54) is 0 Å². The van der Waals surface area contributed by atoms with E-state index in [0.717, 1.165) is 43.4 Å². The fourth-order valence-corrected chi connectivity index (χ4v) is 2.25. The van der Waals surface area contributed by atoms with Crippen LogP contribution in [0.4, 0.5) is 0 Å². The first-order valence-corrected chi connectivity index (χ1v) is 6.10. The summed E-state index contributed by atoms with van der Waals surface area (Å²) in [6.45, 7) is 4.20. The van der Waals surface area contributed by atoms with Crippen LogP contribution in [0.2, 0.25) is 0 Å². The maximum absolute atomic E-state index is 5.40. The Morgan fingerprint density at radius 2 is 2.12 bits per heavy atom. The van der Waals surface area contributed by atoms with Crippen molar-refractivity contribution in [2.45, 2.75) is 6.67 Å². The molecule has 2 aromatic heterocycles. The molecule has 1 fully saturated rings. The number of hydrogen-bond donors (Lipinski definition) is 0. The van der Waals surface area contributed by atoms with Gasteiger partial charge in [0.15, 0.2) is 5.65 Å². The van der Waals surface area contributed by atoms with E-state index in [9.17, 15) is 0 Å². The van der Waals surface area contributed by atoms with Gasteiger partial charge in [0.05, 0.1) is 19.9 Å². The SMILES string of the molecule is S=c1n(CN2CCOCC2)nc2ccccn12. The third-order valence-electron chi connectivity index (χ3n) is 2.93. The zero-order valence-corrected chi connectivity index (χ0v) is 10.3. The van der Waals surface area contributed by atoms with Crippen molar-refractivity contribution in [3.05, 3.63) is 29.2 Å². The van der Waals surface area contributed by atoms with Crippen molar-refractivity contribution in [1.29, 1.82) is 0 Å². The lowest BCUT2D eigenvalue weighted by atomic mass is 10.4. The van der Waals surface area contributed by atoms with E-state index in [-0.39, 0.29) is 0 Å². The number of hydrogen-bond acceptors (Lipinski definition) is 4. The first-order chi connectivity index (χ1) is 8.34. The van der Waals surface area contributed by atoms with Crippen LogP contribution in [-0.2, 0) is 11.4 Å². The van der Waals surface area contributed by atoms with Gasteiger partial charge < -0.3 is 4.74 Å². The second-order valence-electron chi connectivity index (χ2n) is 4.08. The van der Waals surface area contributed by atoms with E-state index in [1.54, 1.807) is 0 Å². The van der Waals surface area contributed by atoms with Gasteiger partial charge in [-0.1, -0.05) is 6.07 Å². The Balaban J connectivity index is 1.89. The van der Waals surface area contributed by atoms with Crippen molar-refractivity contribution in [2.24, 2.45) is 0 Å². The Bertz CT molecular complexity index is 570. The molecule has 0 N–H and O–H groups in total. The van der Waals surface area contributed by atoms with Gasteiger partial charge in [-0.05, 0) is 24.4 Å². The highest BCUT2D eigenvalue weighted by atomic mass is 32.1. The van der Waals surface area contributed by atoms with E-state index >= 15 is 0 Å². The fourth-order valence-electron chi connectivity index (χ4n) is 1.99. The lowest BCUT2D eigenvalue weighted by Gasteiger charge is -2.25. The van der Waals surface area contributed by atoms with Crippen molar-refractivity contribution >= 4 is 17.9 Å². The van der Waals surface area contributed by atoms with Crippen LogP contribution < -0.4 is 0 Å². The molecule has 0 radical (unpaired) electrons.